The highest BCUT2D eigenvalue weighted by Gasteiger charge is 2.43. The third kappa shape index (κ3) is 4.25. The molecule has 8 heteroatoms. The molecule has 0 bridgehead atoms. The SMILES string of the molecule is CC(=O)Oc1ccccc1CO[C@@H]1C(N)O[C@H](CO)[C@@H](O)[C@H]1O. The molecule has 0 radical (unpaired) electrons. The molecular formula is C15H21NO7. The molecule has 0 aliphatic carbocycles. The average molecular weight is 327 g/mol. The van der Waals surface area contributed by atoms with Crippen LogP contribution in [0.3, 0.4) is 0 Å². The molecule has 1 aromatic rings. The zero-order valence-electron chi connectivity index (χ0n) is 12.7. The fourth-order valence-electron chi connectivity index (χ4n) is 2.38. The van der Waals surface area contributed by atoms with Crippen molar-refractivity contribution < 1.29 is 34.3 Å². The Morgan fingerprint density at radius 3 is 2.65 bits per heavy atom. The van der Waals surface area contributed by atoms with Crippen LogP contribution in [0.15, 0.2) is 24.3 Å². The molecule has 8 nitrogen and oxygen atoms in total. The van der Waals surface area contributed by atoms with Crippen molar-refractivity contribution in [2.45, 2.75) is 44.2 Å². The van der Waals surface area contributed by atoms with E-state index in [1.165, 1.54) is 6.92 Å². The van der Waals surface area contributed by atoms with Crippen molar-refractivity contribution in [3.63, 3.8) is 0 Å². The Morgan fingerprint density at radius 2 is 2.00 bits per heavy atom. The van der Waals surface area contributed by atoms with E-state index in [0.29, 0.717) is 11.3 Å². The molecule has 5 atom stereocenters. The van der Waals surface area contributed by atoms with Crippen molar-refractivity contribution >= 4 is 5.97 Å². The molecule has 0 spiro atoms. The van der Waals surface area contributed by atoms with Crippen LogP contribution in [0, 0.1) is 0 Å². The third-order valence-corrected chi connectivity index (χ3v) is 3.56. The number of hydrogen-bond acceptors (Lipinski definition) is 8. The minimum Gasteiger partial charge on any atom is -0.426 e. The van der Waals surface area contributed by atoms with Gasteiger partial charge in [0.25, 0.3) is 0 Å². The van der Waals surface area contributed by atoms with E-state index in [1.54, 1.807) is 24.3 Å². The van der Waals surface area contributed by atoms with Gasteiger partial charge in [0.15, 0.2) is 0 Å². The lowest BCUT2D eigenvalue weighted by molar-refractivity contribution is -0.242. The number of rotatable bonds is 5. The minimum atomic E-state index is -1.31. The van der Waals surface area contributed by atoms with Crippen LogP contribution in [0.2, 0.25) is 0 Å². The summed E-state index contributed by atoms with van der Waals surface area (Å²) in [6, 6.07) is 6.77. The molecule has 5 N–H and O–H groups in total. The Kier molecular flexibility index (Phi) is 6.05. The van der Waals surface area contributed by atoms with Crippen LogP contribution >= 0.6 is 0 Å². The molecule has 23 heavy (non-hydrogen) atoms. The maximum atomic E-state index is 11.1. The number of carbonyl (C=O) groups is 1. The number of esters is 1. The Bertz CT molecular complexity index is 538. The van der Waals surface area contributed by atoms with E-state index in [2.05, 4.69) is 0 Å². The lowest BCUT2D eigenvalue weighted by Crippen LogP contribution is -2.62. The number of benzene rings is 1. The van der Waals surface area contributed by atoms with Gasteiger partial charge in [-0.05, 0) is 6.07 Å². The van der Waals surface area contributed by atoms with E-state index >= 15 is 0 Å². The van der Waals surface area contributed by atoms with E-state index in [0.717, 1.165) is 0 Å². The summed E-state index contributed by atoms with van der Waals surface area (Å²) in [6.07, 6.45) is -5.58. The first kappa shape index (κ1) is 17.8. The first-order valence-electron chi connectivity index (χ1n) is 7.20. The summed E-state index contributed by atoms with van der Waals surface area (Å²) in [5, 5.41) is 29.0. The highest BCUT2D eigenvalue weighted by molar-refractivity contribution is 5.69. The largest absolute Gasteiger partial charge is 0.426 e. The molecule has 1 aliphatic rings. The van der Waals surface area contributed by atoms with Gasteiger partial charge in [0.1, 0.15) is 36.4 Å². The van der Waals surface area contributed by atoms with Gasteiger partial charge >= 0.3 is 5.97 Å². The molecule has 1 saturated heterocycles. The van der Waals surface area contributed by atoms with Gasteiger partial charge in [0.2, 0.25) is 0 Å². The zero-order valence-corrected chi connectivity index (χ0v) is 12.7. The van der Waals surface area contributed by atoms with Crippen LogP contribution in [0.25, 0.3) is 0 Å². The second-order valence-corrected chi connectivity index (χ2v) is 5.28. The van der Waals surface area contributed by atoms with Crippen molar-refractivity contribution in [1.29, 1.82) is 0 Å². The number of aliphatic hydroxyl groups is 3. The second-order valence-electron chi connectivity index (χ2n) is 5.28. The summed E-state index contributed by atoms with van der Waals surface area (Å²) in [4.78, 5) is 11.1. The first-order chi connectivity index (χ1) is 10.9. The summed E-state index contributed by atoms with van der Waals surface area (Å²) < 4.78 is 15.8. The molecule has 1 fully saturated rings. The van der Waals surface area contributed by atoms with Crippen LogP contribution in [0.4, 0.5) is 0 Å². The maximum absolute atomic E-state index is 11.1. The number of carbonyl (C=O) groups excluding carboxylic acids is 1. The summed E-state index contributed by atoms with van der Waals surface area (Å²) >= 11 is 0. The van der Waals surface area contributed by atoms with Crippen LogP contribution in [-0.2, 0) is 20.9 Å². The quantitative estimate of drug-likeness (QED) is 0.396. The summed E-state index contributed by atoms with van der Waals surface area (Å²) in [5.41, 5.74) is 6.35. The van der Waals surface area contributed by atoms with Gasteiger partial charge in [0, 0.05) is 12.5 Å². The van der Waals surface area contributed by atoms with Crippen molar-refractivity contribution in [2.75, 3.05) is 6.61 Å². The number of hydrogen-bond donors (Lipinski definition) is 4. The molecule has 1 heterocycles. The van der Waals surface area contributed by atoms with Crippen molar-refractivity contribution in [3.8, 4) is 5.75 Å². The summed E-state index contributed by atoms with van der Waals surface area (Å²) in [7, 11) is 0. The second kappa shape index (κ2) is 7.82. The molecule has 1 unspecified atom stereocenters. The number of para-hydroxylation sites is 1. The zero-order chi connectivity index (χ0) is 17.0. The molecule has 0 saturated carbocycles. The Morgan fingerprint density at radius 1 is 1.30 bits per heavy atom. The van der Waals surface area contributed by atoms with Crippen LogP contribution < -0.4 is 10.5 Å². The highest BCUT2D eigenvalue weighted by atomic mass is 16.6. The summed E-state index contributed by atoms with van der Waals surface area (Å²) in [5.74, 6) is -0.120. The van der Waals surface area contributed by atoms with Crippen LogP contribution in [-0.4, -0.2) is 58.5 Å². The van der Waals surface area contributed by atoms with E-state index < -0.39 is 43.2 Å². The van der Waals surface area contributed by atoms with E-state index in [-0.39, 0.29) is 6.61 Å². The Labute approximate surface area is 133 Å². The average Bonchev–Trinajstić information content (AvgIpc) is 2.51. The molecule has 1 aromatic carbocycles. The number of aliphatic hydroxyl groups excluding tert-OH is 3. The number of nitrogens with two attached hydrogens (primary N) is 1. The lowest BCUT2D eigenvalue weighted by atomic mass is 9.98. The standard InChI is InChI=1S/C15H21NO7/c1-8(18)22-10-5-3-2-4-9(10)7-21-14-13(20)12(19)11(6-17)23-15(14)16/h2-5,11-15,17,19-20H,6-7,16H2,1H3/t11-,12-,13-,14+,15?/m1/s1. The Balaban J connectivity index is 2.04. The monoisotopic (exact) mass is 327 g/mol. The molecule has 0 aromatic heterocycles. The van der Waals surface area contributed by atoms with Crippen molar-refractivity contribution in [2.24, 2.45) is 5.73 Å². The lowest BCUT2D eigenvalue weighted by Gasteiger charge is -2.40. The fourth-order valence-corrected chi connectivity index (χ4v) is 2.38. The minimum absolute atomic E-state index is 0.00124. The van der Waals surface area contributed by atoms with Gasteiger partial charge in [-0.3, -0.25) is 4.79 Å². The molecule has 128 valence electrons. The molecule has 1 aliphatic heterocycles. The molecular weight excluding hydrogens is 306 g/mol. The predicted molar refractivity (Wildman–Crippen MR) is 78.3 cm³/mol. The number of ether oxygens (including phenoxy) is 3. The molecule has 0 amide bonds. The maximum Gasteiger partial charge on any atom is 0.308 e. The van der Waals surface area contributed by atoms with Gasteiger partial charge in [-0.25, -0.2) is 0 Å². The van der Waals surface area contributed by atoms with Crippen LogP contribution in [0.5, 0.6) is 5.75 Å². The van der Waals surface area contributed by atoms with E-state index in [1.807, 2.05) is 0 Å². The van der Waals surface area contributed by atoms with Gasteiger partial charge in [-0.15, -0.1) is 0 Å². The van der Waals surface area contributed by atoms with E-state index in [4.69, 9.17) is 25.1 Å². The molecule has 2 rings (SSSR count). The van der Waals surface area contributed by atoms with Gasteiger partial charge in [0.05, 0.1) is 13.2 Å². The van der Waals surface area contributed by atoms with Crippen molar-refractivity contribution in [1.82, 2.24) is 0 Å². The topological polar surface area (TPSA) is 131 Å². The first-order valence-corrected chi connectivity index (χ1v) is 7.20. The Hall–Kier alpha value is -1.55. The van der Waals surface area contributed by atoms with E-state index in [9.17, 15) is 15.0 Å². The van der Waals surface area contributed by atoms with Crippen LogP contribution in [0.1, 0.15) is 12.5 Å². The fraction of sp³-hybridized carbons (Fsp3) is 0.533. The predicted octanol–water partition coefficient (Wildman–Crippen LogP) is -1.11. The third-order valence-electron chi connectivity index (χ3n) is 3.56. The van der Waals surface area contributed by atoms with Gasteiger partial charge in [-0.1, -0.05) is 18.2 Å². The smallest absolute Gasteiger partial charge is 0.308 e. The van der Waals surface area contributed by atoms with Crippen molar-refractivity contribution in [3.05, 3.63) is 29.8 Å². The summed E-state index contributed by atoms with van der Waals surface area (Å²) in [6.45, 7) is 0.824. The highest BCUT2D eigenvalue weighted by Crippen LogP contribution is 2.24. The normalized spacial score (nSPS) is 30.9. The van der Waals surface area contributed by atoms with Gasteiger partial charge in [-0.2, -0.15) is 0 Å². The van der Waals surface area contributed by atoms with Gasteiger partial charge < -0.3 is 35.3 Å².